The van der Waals surface area contributed by atoms with E-state index in [2.05, 4.69) is 9.97 Å². The van der Waals surface area contributed by atoms with Crippen LogP contribution in [0.5, 0.6) is 0 Å². The van der Waals surface area contributed by atoms with Gasteiger partial charge >= 0.3 is 11.7 Å². The lowest BCUT2D eigenvalue weighted by atomic mass is 9.94. The smallest absolute Gasteiger partial charge is 0.323 e. The van der Waals surface area contributed by atoms with Crippen LogP contribution in [0.4, 0.5) is 0 Å². The van der Waals surface area contributed by atoms with E-state index in [1.807, 2.05) is 19.1 Å². The van der Waals surface area contributed by atoms with Crippen LogP contribution in [0.25, 0.3) is 11.0 Å². The molecule has 6 nitrogen and oxygen atoms in total. The van der Waals surface area contributed by atoms with Gasteiger partial charge in [0, 0.05) is 12.5 Å². The van der Waals surface area contributed by atoms with Crippen molar-refractivity contribution in [2.45, 2.75) is 25.8 Å². The Bertz CT molecular complexity index is 644. The van der Waals surface area contributed by atoms with E-state index in [1.54, 1.807) is 6.07 Å². The fraction of sp³-hybridized carbons (Fsp3) is 0.385. The monoisotopic (exact) mass is 263 g/mol. The second kappa shape index (κ2) is 5.27. The number of fused-ring (bicyclic) bond motifs is 1. The molecule has 0 fully saturated rings. The maximum atomic E-state index is 11.2. The Hall–Kier alpha value is -2.08. The maximum Gasteiger partial charge on any atom is 0.323 e. The van der Waals surface area contributed by atoms with Gasteiger partial charge in [-0.3, -0.25) is 4.79 Å². The van der Waals surface area contributed by atoms with Gasteiger partial charge in [0.1, 0.15) is 0 Å². The minimum Gasteiger partial charge on any atom is -0.481 e. The SMILES string of the molecule is CC(CC(=O)O)CC(N)c1ccc2[nH]c(=O)[nH]c2c1. The molecule has 0 saturated carbocycles. The Labute approximate surface area is 109 Å². The molecule has 0 aliphatic heterocycles. The van der Waals surface area contributed by atoms with Crippen molar-refractivity contribution in [2.24, 2.45) is 11.7 Å². The third kappa shape index (κ3) is 3.23. The molecule has 0 saturated heterocycles. The van der Waals surface area contributed by atoms with Crippen molar-refractivity contribution in [3.05, 3.63) is 34.2 Å². The number of hydrogen-bond acceptors (Lipinski definition) is 3. The summed E-state index contributed by atoms with van der Waals surface area (Å²) in [6.45, 7) is 1.87. The van der Waals surface area contributed by atoms with Crippen LogP contribution in [0.1, 0.15) is 31.4 Å². The van der Waals surface area contributed by atoms with Gasteiger partial charge in [0.15, 0.2) is 0 Å². The highest BCUT2D eigenvalue weighted by Crippen LogP contribution is 2.22. The summed E-state index contributed by atoms with van der Waals surface area (Å²) < 4.78 is 0. The Balaban J connectivity index is 2.14. The second-order valence-electron chi connectivity index (χ2n) is 4.93. The number of aliphatic carboxylic acids is 1. The van der Waals surface area contributed by atoms with Crippen molar-refractivity contribution in [3.63, 3.8) is 0 Å². The van der Waals surface area contributed by atoms with Gasteiger partial charge in [-0.25, -0.2) is 4.79 Å². The van der Waals surface area contributed by atoms with Crippen LogP contribution in [-0.4, -0.2) is 21.0 Å². The minimum atomic E-state index is -0.815. The van der Waals surface area contributed by atoms with E-state index in [-0.39, 0.29) is 24.1 Å². The maximum absolute atomic E-state index is 11.2. The number of aromatic amines is 2. The van der Waals surface area contributed by atoms with E-state index in [0.717, 1.165) is 11.1 Å². The molecule has 1 heterocycles. The summed E-state index contributed by atoms with van der Waals surface area (Å²) in [7, 11) is 0. The van der Waals surface area contributed by atoms with Crippen molar-refractivity contribution in [1.29, 1.82) is 0 Å². The standard InChI is InChI=1S/C13H17N3O3/c1-7(5-12(17)18)4-9(14)8-2-3-10-11(6-8)16-13(19)15-10/h2-3,6-7,9H,4-5,14H2,1H3,(H,17,18)(H2,15,16,19). The van der Waals surface area contributed by atoms with E-state index in [0.29, 0.717) is 11.9 Å². The van der Waals surface area contributed by atoms with Crippen LogP contribution in [0.2, 0.25) is 0 Å². The number of carbonyl (C=O) groups is 1. The summed E-state index contributed by atoms with van der Waals surface area (Å²) in [5.41, 5.74) is 8.16. The molecule has 2 atom stereocenters. The number of rotatable bonds is 5. The Morgan fingerprint density at radius 1 is 1.37 bits per heavy atom. The third-order valence-electron chi connectivity index (χ3n) is 3.15. The summed E-state index contributed by atoms with van der Waals surface area (Å²) in [6, 6.07) is 5.23. The van der Waals surface area contributed by atoms with Gasteiger partial charge in [0.25, 0.3) is 0 Å². The van der Waals surface area contributed by atoms with Crippen molar-refractivity contribution in [1.82, 2.24) is 9.97 Å². The zero-order chi connectivity index (χ0) is 14.0. The highest BCUT2D eigenvalue weighted by atomic mass is 16.4. The number of nitrogens with one attached hydrogen (secondary N) is 2. The number of benzene rings is 1. The summed E-state index contributed by atoms with van der Waals surface area (Å²) >= 11 is 0. The Morgan fingerprint density at radius 2 is 2.05 bits per heavy atom. The van der Waals surface area contributed by atoms with Crippen LogP contribution < -0.4 is 11.4 Å². The lowest BCUT2D eigenvalue weighted by Crippen LogP contribution is -2.16. The van der Waals surface area contributed by atoms with E-state index < -0.39 is 5.97 Å². The summed E-state index contributed by atoms with van der Waals surface area (Å²) in [4.78, 5) is 27.1. The van der Waals surface area contributed by atoms with Crippen LogP contribution in [-0.2, 0) is 4.79 Å². The van der Waals surface area contributed by atoms with Crippen molar-refractivity contribution in [2.75, 3.05) is 0 Å². The quantitative estimate of drug-likeness (QED) is 0.652. The second-order valence-corrected chi connectivity index (χ2v) is 4.93. The van der Waals surface area contributed by atoms with Crippen molar-refractivity contribution >= 4 is 17.0 Å². The molecular formula is C13H17N3O3. The summed E-state index contributed by atoms with van der Waals surface area (Å²) in [6.07, 6.45) is 0.698. The molecule has 1 aromatic carbocycles. The van der Waals surface area contributed by atoms with Crippen LogP contribution >= 0.6 is 0 Å². The Kier molecular flexibility index (Phi) is 3.71. The molecule has 2 rings (SSSR count). The zero-order valence-electron chi connectivity index (χ0n) is 10.6. The highest BCUT2D eigenvalue weighted by Gasteiger charge is 2.14. The lowest BCUT2D eigenvalue weighted by Gasteiger charge is -2.16. The molecule has 0 spiro atoms. The molecule has 0 amide bonds. The van der Waals surface area contributed by atoms with E-state index in [1.165, 1.54) is 0 Å². The zero-order valence-corrected chi connectivity index (χ0v) is 10.6. The topological polar surface area (TPSA) is 112 Å². The third-order valence-corrected chi connectivity index (χ3v) is 3.15. The molecule has 1 aromatic heterocycles. The van der Waals surface area contributed by atoms with Crippen LogP contribution in [0.3, 0.4) is 0 Å². The summed E-state index contributed by atoms with van der Waals surface area (Å²) in [5, 5.41) is 8.73. The number of nitrogens with two attached hydrogens (primary N) is 1. The highest BCUT2D eigenvalue weighted by molar-refractivity contribution is 5.75. The molecule has 2 unspecified atom stereocenters. The molecule has 0 aliphatic carbocycles. The molecule has 19 heavy (non-hydrogen) atoms. The molecule has 2 aromatic rings. The van der Waals surface area contributed by atoms with Gasteiger partial charge in [0.2, 0.25) is 0 Å². The molecule has 0 aliphatic rings. The first-order chi connectivity index (χ1) is 8.95. The van der Waals surface area contributed by atoms with Crippen molar-refractivity contribution in [3.8, 4) is 0 Å². The first-order valence-corrected chi connectivity index (χ1v) is 6.15. The number of carboxylic acids is 1. The van der Waals surface area contributed by atoms with E-state index in [9.17, 15) is 9.59 Å². The summed E-state index contributed by atoms with van der Waals surface area (Å²) in [5.74, 6) is -0.807. The van der Waals surface area contributed by atoms with Crippen LogP contribution in [0.15, 0.2) is 23.0 Å². The molecule has 6 heteroatoms. The fourth-order valence-electron chi connectivity index (χ4n) is 2.23. The Morgan fingerprint density at radius 3 is 2.74 bits per heavy atom. The fourth-order valence-corrected chi connectivity index (χ4v) is 2.23. The molecular weight excluding hydrogens is 246 g/mol. The molecule has 5 N–H and O–H groups in total. The van der Waals surface area contributed by atoms with Gasteiger partial charge < -0.3 is 20.8 Å². The predicted molar refractivity (Wildman–Crippen MR) is 71.9 cm³/mol. The number of H-pyrrole nitrogens is 2. The van der Waals surface area contributed by atoms with Gasteiger partial charge in [-0.05, 0) is 30.0 Å². The largest absolute Gasteiger partial charge is 0.481 e. The average Bonchev–Trinajstić information content (AvgIpc) is 2.66. The van der Waals surface area contributed by atoms with Gasteiger partial charge in [-0.2, -0.15) is 0 Å². The van der Waals surface area contributed by atoms with E-state index in [4.69, 9.17) is 10.8 Å². The first kappa shape index (κ1) is 13.4. The molecule has 102 valence electrons. The normalized spacial score (nSPS) is 14.4. The predicted octanol–water partition coefficient (Wildman–Crippen LogP) is 1.36. The number of hydrogen-bond donors (Lipinski definition) is 4. The first-order valence-electron chi connectivity index (χ1n) is 6.15. The van der Waals surface area contributed by atoms with E-state index >= 15 is 0 Å². The number of carboxylic acid groups (broad SMARTS) is 1. The van der Waals surface area contributed by atoms with Gasteiger partial charge in [0.05, 0.1) is 11.0 Å². The van der Waals surface area contributed by atoms with Crippen molar-refractivity contribution < 1.29 is 9.90 Å². The minimum absolute atomic E-state index is 0.00784. The molecule has 0 radical (unpaired) electrons. The average molecular weight is 263 g/mol. The number of imidazole rings is 1. The molecule has 0 bridgehead atoms. The number of aromatic nitrogens is 2. The lowest BCUT2D eigenvalue weighted by molar-refractivity contribution is -0.138. The van der Waals surface area contributed by atoms with Crippen LogP contribution in [0, 0.1) is 5.92 Å². The van der Waals surface area contributed by atoms with Gasteiger partial charge in [-0.1, -0.05) is 13.0 Å². The van der Waals surface area contributed by atoms with Gasteiger partial charge in [-0.15, -0.1) is 0 Å².